The maximum absolute atomic E-state index is 12.6. The zero-order valence-electron chi connectivity index (χ0n) is 17.4. The lowest BCUT2D eigenvalue weighted by Gasteiger charge is -2.20. The van der Waals surface area contributed by atoms with Gasteiger partial charge in [0.05, 0.1) is 13.7 Å². The molecule has 9 heteroatoms. The molecule has 1 saturated carbocycles. The first kappa shape index (κ1) is 21.6. The summed E-state index contributed by atoms with van der Waals surface area (Å²) in [6.45, 7) is 0.112. The van der Waals surface area contributed by atoms with Crippen LogP contribution in [0.1, 0.15) is 38.5 Å². The number of amides is 5. The molecule has 5 amide bonds. The van der Waals surface area contributed by atoms with Gasteiger partial charge < -0.3 is 20.3 Å². The minimum Gasteiger partial charge on any atom is -0.497 e. The highest BCUT2D eigenvalue weighted by Crippen LogP contribution is 2.35. The van der Waals surface area contributed by atoms with Crippen LogP contribution in [0.25, 0.3) is 0 Å². The van der Waals surface area contributed by atoms with Crippen molar-refractivity contribution in [2.75, 3.05) is 32.6 Å². The van der Waals surface area contributed by atoms with Crippen LogP contribution in [0.5, 0.6) is 5.75 Å². The van der Waals surface area contributed by atoms with E-state index in [4.69, 9.17) is 4.74 Å². The third-order valence-electron chi connectivity index (χ3n) is 5.66. The fourth-order valence-electron chi connectivity index (χ4n) is 3.95. The van der Waals surface area contributed by atoms with Crippen LogP contribution in [0.4, 0.5) is 10.5 Å². The van der Waals surface area contributed by atoms with Crippen molar-refractivity contribution in [3.8, 4) is 5.75 Å². The minimum atomic E-state index is -0.725. The first-order chi connectivity index (χ1) is 14.3. The van der Waals surface area contributed by atoms with Gasteiger partial charge in [-0.1, -0.05) is 12.8 Å². The van der Waals surface area contributed by atoms with Gasteiger partial charge in [0, 0.05) is 25.7 Å². The normalized spacial score (nSPS) is 17.2. The van der Waals surface area contributed by atoms with Gasteiger partial charge in [0.25, 0.3) is 5.91 Å². The quantitative estimate of drug-likeness (QED) is 0.628. The number of carbonyl (C=O) groups is 4. The lowest BCUT2D eigenvalue weighted by atomic mass is 9.98. The first-order valence-corrected chi connectivity index (χ1v) is 10.2. The number of hydrogen-bond acceptors (Lipinski definition) is 5. The Bertz CT molecular complexity index is 817. The number of rotatable bonds is 8. The Morgan fingerprint density at radius 2 is 1.87 bits per heavy atom. The van der Waals surface area contributed by atoms with Crippen molar-refractivity contribution in [2.24, 2.45) is 0 Å². The largest absolute Gasteiger partial charge is 0.497 e. The second-order valence-electron chi connectivity index (χ2n) is 7.81. The van der Waals surface area contributed by atoms with Crippen LogP contribution in [0, 0.1) is 0 Å². The summed E-state index contributed by atoms with van der Waals surface area (Å²) in [5.41, 5.74) is -0.113. The Hall–Kier alpha value is -3.10. The number of imide groups is 1. The van der Waals surface area contributed by atoms with Gasteiger partial charge in [-0.3, -0.25) is 19.3 Å². The van der Waals surface area contributed by atoms with E-state index in [2.05, 4.69) is 10.6 Å². The van der Waals surface area contributed by atoms with Crippen molar-refractivity contribution in [2.45, 2.75) is 44.1 Å². The lowest BCUT2D eigenvalue weighted by molar-refractivity contribution is -0.134. The summed E-state index contributed by atoms with van der Waals surface area (Å²) in [7, 11) is 3.12. The summed E-state index contributed by atoms with van der Waals surface area (Å²) in [6, 6.07) is 6.52. The predicted octanol–water partition coefficient (Wildman–Crippen LogP) is 1.74. The molecule has 1 aliphatic heterocycles. The zero-order chi connectivity index (χ0) is 21.7. The summed E-state index contributed by atoms with van der Waals surface area (Å²) < 4.78 is 5.07. The molecule has 0 aromatic heterocycles. The van der Waals surface area contributed by atoms with Gasteiger partial charge in [-0.25, -0.2) is 4.79 Å². The summed E-state index contributed by atoms with van der Waals surface area (Å²) in [6.07, 6.45) is 3.73. The van der Waals surface area contributed by atoms with E-state index in [0.717, 1.165) is 12.8 Å². The topological polar surface area (TPSA) is 108 Å². The van der Waals surface area contributed by atoms with E-state index in [1.165, 1.54) is 9.80 Å². The van der Waals surface area contributed by atoms with Crippen LogP contribution in [-0.4, -0.2) is 66.3 Å². The molecule has 0 radical (unpaired) electrons. The number of methoxy groups -OCH3 is 1. The molecule has 162 valence electrons. The molecule has 1 saturated heterocycles. The average Bonchev–Trinajstić information content (AvgIpc) is 3.28. The van der Waals surface area contributed by atoms with Crippen molar-refractivity contribution in [1.29, 1.82) is 0 Å². The van der Waals surface area contributed by atoms with Gasteiger partial charge in [0.2, 0.25) is 11.8 Å². The molecule has 0 bridgehead atoms. The van der Waals surface area contributed by atoms with Crippen molar-refractivity contribution in [3.63, 3.8) is 0 Å². The second kappa shape index (κ2) is 9.15. The number of carbonyl (C=O) groups excluding carboxylic acids is 4. The molecule has 2 aliphatic rings. The fourth-order valence-corrected chi connectivity index (χ4v) is 3.95. The molecular formula is C21H28N4O5. The number of anilines is 1. The molecule has 3 rings (SSSR count). The number of benzene rings is 1. The van der Waals surface area contributed by atoms with Crippen LogP contribution in [-0.2, 0) is 14.4 Å². The number of ether oxygens (including phenoxy) is 1. The van der Waals surface area contributed by atoms with Crippen LogP contribution in [0.15, 0.2) is 24.3 Å². The molecule has 1 heterocycles. The van der Waals surface area contributed by atoms with E-state index >= 15 is 0 Å². The van der Waals surface area contributed by atoms with E-state index in [0.29, 0.717) is 30.7 Å². The predicted molar refractivity (Wildman–Crippen MR) is 110 cm³/mol. The standard InChI is InChI=1S/C21H28N4O5/c1-24(14-17(26)22-15-7-9-16(30-2)10-8-15)18(27)6-5-13-25-19(28)21(23-20(25)29)11-3-4-12-21/h7-10H,3-6,11-14H2,1-2H3,(H,22,26)(H,23,29). The van der Waals surface area contributed by atoms with Gasteiger partial charge in [-0.2, -0.15) is 0 Å². The Balaban J connectivity index is 1.41. The number of nitrogens with one attached hydrogen (secondary N) is 2. The van der Waals surface area contributed by atoms with E-state index in [1.54, 1.807) is 38.4 Å². The van der Waals surface area contributed by atoms with Crippen LogP contribution in [0.2, 0.25) is 0 Å². The van der Waals surface area contributed by atoms with E-state index < -0.39 is 5.54 Å². The number of hydrogen-bond donors (Lipinski definition) is 2. The Morgan fingerprint density at radius 1 is 1.20 bits per heavy atom. The lowest BCUT2D eigenvalue weighted by Crippen LogP contribution is -2.44. The summed E-state index contributed by atoms with van der Waals surface area (Å²) in [5.74, 6) is -0.0233. The summed E-state index contributed by atoms with van der Waals surface area (Å²) >= 11 is 0. The molecule has 1 aromatic rings. The molecule has 9 nitrogen and oxygen atoms in total. The molecular weight excluding hydrogens is 388 g/mol. The molecule has 1 aromatic carbocycles. The van der Waals surface area contributed by atoms with Crippen LogP contribution in [0.3, 0.4) is 0 Å². The van der Waals surface area contributed by atoms with E-state index in [1.807, 2.05) is 0 Å². The van der Waals surface area contributed by atoms with Crippen LogP contribution < -0.4 is 15.4 Å². The highest BCUT2D eigenvalue weighted by molar-refractivity contribution is 6.07. The molecule has 1 spiro atoms. The first-order valence-electron chi connectivity index (χ1n) is 10.2. The minimum absolute atomic E-state index is 0.0862. The Labute approximate surface area is 175 Å². The SMILES string of the molecule is COc1ccc(NC(=O)CN(C)C(=O)CCCN2C(=O)NC3(CCCC3)C2=O)cc1. The van der Waals surface area contributed by atoms with Crippen molar-refractivity contribution in [1.82, 2.24) is 15.1 Å². The zero-order valence-corrected chi connectivity index (χ0v) is 17.4. The van der Waals surface area contributed by atoms with Crippen molar-refractivity contribution >= 4 is 29.4 Å². The van der Waals surface area contributed by atoms with Gasteiger partial charge in [0.1, 0.15) is 11.3 Å². The molecule has 30 heavy (non-hydrogen) atoms. The molecule has 2 fully saturated rings. The second-order valence-corrected chi connectivity index (χ2v) is 7.81. The van der Waals surface area contributed by atoms with Crippen LogP contribution >= 0.6 is 0 Å². The highest BCUT2D eigenvalue weighted by Gasteiger charge is 2.52. The highest BCUT2D eigenvalue weighted by atomic mass is 16.5. The molecule has 1 aliphatic carbocycles. The smallest absolute Gasteiger partial charge is 0.325 e. The Kier molecular flexibility index (Phi) is 6.59. The van der Waals surface area contributed by atoms with Gasteiger partial charge in [-0.05, 0) is 43.5 Å². The van der Waals surface area contributed by atoms with Gasteiger partial charge in [-0.15, -0.1) is 0 Å². The summed E-state index contributed by atoms with van der Waals surface area (Å²) in [4.78, 5) is 51.8. The van der Waals surface area contributed by atoms with Crippen molar-refractivity contribution in [3.05, 3.63) is 24.3 Å². The molecule has 0 atom stereocenters. The summed E-state index contributed by atoms with van der Waals surface area (Å²) in [5, 5.41) is 5.55. The van der Waals surface area contributed by atoms with E-state index in [9.17, 15) is 19.2 Å². The maximum Gasteiger partial charge on any atom is 0.325 e. The third-order valence-corrected chi connectivity index (χ3v) is 5.66. The maximum atomic E-state index is 12.6. The Morgan fingerprint density at radius 3 is 2.50 bits per heavy atom. The average molecular weight is 416 g/mol. The fraction of sp³-hybridized carbons (Fsp3) is 0.524. The molecule has 2 N–H and O–H groups in total. The number of nitrogens with zero attached hydrogens (tertiary/aromatic N) is 2. The number of likely N-dealkylation sites (N-methyl/N-ethyl adjacent to an activating group) is 1. The molecule has 0 unspecified atom stereocenters. The van der Waals surface area contributed by atoms with Gasteiger partial charge >= 0.3 is 6.03 Å². The number of urea groups is 1. The van der Waals surface area contributed by atoms with Crippen molar-refractivity contribution < 1.29 is 23.9 Å². The third kappa shape index (κ3) is 4.72. The monoisotopic (exact) mass is 416 g/mol. The van der Waals surface area contributed by atoms with E-state index in [-0.39, 0.29) is 43.3 Å². The van der Waals surface area contributed by atoms with Gasteiger partial charge in [0.15, 0.2) is 0 Å².